The molecule has 9 rings (SSSR count). The number of hydrogen-bond donors (Lipinski definition) is 0. The first-order valence-corrected chi connectivity index (χ1v) is 18.1. The average molecular weight is 657 g/mol. The summed E-state index contributed by atoms with van der Waals surface area (Å²) in [6.45, 7) is -4.82. The van der Waals surface area contributed by atoms with Gasteiger partial charge in [0.2, 0.25) is 0 Å². The molecule has 236 valence electrons. The quantitative estimate of drug-likeness (QED) is 0.139. The number of benzene rings is 6. The van der Waals surface area contributed by atoms with Crippen LogP contribution in [0.3, 0.4) is 0 Å². The fraction of sp³-hybridized carbons (Fsp3) is 0.0465. The van der Waals surface area contributed by atoms with Crippen LogP contribution >= 0.6 is 0 Å². The molecule has 3 heterocycles. The molecule has 6 aromatic carbocycles. The number of hydrogen-bond acceptors (Lipinski definition) is 4. The van der Waals surface area contributed by atoms with Gasteiger partial charge in [-0.1, -0.05) is 115 Å². The van der Waals surface area contributed by atoms with E-state index in [4.69, 9.17) is 18.1 Å². The van der Waals surface area contributed by atoms with Crippen molar-refractivity contribution < 1.29 is 13.2 Å². The van der Waals surface area contributed by atoms with Crippen LogP contribution < -0.4 is 30.9 Å². The second-order valence-corrected chi connectivity index (χ2v) is 16.0. The van der Waals surface area contributed by atoms with Gasteiger partial charge < -0.3 is 0 Å². The van der Waals surface area contributed by atoms with Gasteiger partial charge in [-0.15, -0.1) is 4.94 Å². The highest BCUT2D eigenvalue weighted by Gasteiger charge is 2.42. The highest BCUT2D eigenvalue weighted by Crippen LogP contribution is 2.40. The van der Waals surface area contributed by atoms with E-state index in [-0.39, 0.29) is 5.56 Å². The van der Waals surface area contributed by atoms with Gasteiger partial charge in [0.1, 0.15) is 5.82 Å². The lowest BCUT2D eigenvalue weighted by molar-refractivity contribution is 0.142. The molecule has 5 nitrogen and oxygen atoms in total. The Morgan fingerprint density at radius 2 is 1.24 bits per heavy atom. The topological polar surface area (TPSA) is 33.5 Å². The summed E-state index contributed by atoms with van der Waals surface area (Å²) in [6.07, 6.45) is 1.56. The maximum atomic E-state index is 8.20. The Morgan fingerprint density at radius 1 is 0.571 bits per heavy atom. The SMILES string of the molecule is [2H]C([2H])([2H])c1ccnc(-n2c3ccccc3c3ccc([Si](c4ccccc4)(c4ccccc4)c4cccc(N5ON(C([2H])([2H])[2H])c6ccccc65)c4)cc32)c1. The van der Waals surface area contributed by atoms with Crippen LogP contribution in [-0.4, -0.2) is 24.6 Å². The second-order valence-electron chi connectivity index (χ2n) is 12.2. The van der Waals surface area contributed by atoms with E-state index in [0.717, 1.165) is 47.6 Å². The molecule has 0 atom stereocenters. The number of aryl methyl sites for hydroxylation is 1. The van der Waals surface area contributed by atoms with Gasteiger partial charge in [0.15, 0.2) is 8.07 Å². The lowest BCUT2D eigenvalue weighted by Gasteiger charge is -2.35. The van der Waals surface area contributed by atoms with Crippen molar-refractivity contribution >= 4 is 67.7 Å². The van der Waals surface area contributed by atoms with Crippen LogP contribution in [0.2, 0.25) is 0 Å². The van der Waals surface area contributed by atoms with Crippen LogP contribution in [0, 0.1) is 6.85 Å². The number of aromatic nitrogens is 2. The van der Waals surface area contributed by atoms with Crippen molar-refractivity contribution in [2.45, 2.75) is 6.85 Å². The Morgan fingerprint density at radius 3 is 2.02 bits per heavy atom. The lowest BCUT2D eigenvalue weighted by atomic mass is 10.1. The van der Waals surface area contributed by atoms with Crippen molar-refractivity contribution in [3.05, 3.63) is 176 Å². The monoisotopic (exact) mass is 656 g/mol. The molecule has 6 heteroatoms. The zero-order valence-corrected chi connectivity index (χ0v) is 27.4. The Kier molecular flexibility index (Phi) is 5.55. The third-order valence-corrected chi connectivity index (χ3v) is 14.2. The number of nitrogens with zero attached hydrogens (tertiary/aromatic N) is 4. The highest BCUT2D eigenvalue weighted by molar-refractivity contribution is 7.20. The van der Waals surface area contributed by atoms with Gasteiger partial charge in [0.25, 0.3) is 0 Å². The summed E-state index contributed by atoms with van der Waals surface area (Å²) in [5.74, 6) is 0.523. The summed E-state index contributed by atoms with van der Waals surface area (Å²) in [7, 11) is -3.19. The summed E-state index contributed by atoms with van der Waals surface area (Å²) in [4.78, 5) is 10.8. The molecule has 0 saturated heterocycles. The van der Waals surface area contributed by atoms with Crippen molar-refractivity contribution in [2.75, 3.05) is 17.1 Å². The minimum Gasteiger partial charge on any atom is -0.294 e. The molecule has 0 saturated carbocycles. The molecule has 1 aliphatic heterocycles. The standard InChI is InChI=1S/C43H34N4OSi/c1-31-26-27-44-43(28-31)46-39-21-10-9-20-37(39)38-25-24-36(30-42(38)46)49(33-15-5-3-6-16-33,34-17-7-4-8-18-34)35-19-13-14-32(29-35)47-41-23-12-11-22-40(41)45(2)48-47/h3-30H,1-2H3/i1D3,2D3. The van der Waals surface area contributed by atoms with E-state index in [1.54, 1.807) is 35.5 Å². The first-order chi connectivity index (χ1) is 26.5. The first-order valence-electron chi connectivity index (χ1n) is 19.1. The summed E-state index contributed by atoms with van der Waals surface area (Å²) in [5.41, 5.74) is 3.80. The van der Waals surface area contributed by atoms with Crippen molar-refractivity contribution in [3.63, 3.8) is 0 Å². The van der Waals surface area contributed by atoms with E-state index in [0.29, 0.717) is 22.9 Å². The molecule has 0 aliphatic carbocycles. The van der Waals surface area contributed by atoms with E-state index in [2.05, 4.69) is 89.5 Å². The number of para-hydroxylation sites is 3. The molecule has 0 N–H and O–H groups in total. The summed E-state index contributed by atoms with van der Waals surface area (Å²) >= 11 is 0. The smallest absolute Gasteiger partial charge is 0.179 e. The van der Waals surface area contributed by atoms with Gasteiger partial charge in [-0.3, -0.25) is 4.57 Å². The van der Waals surface area contributed by atoms with E-state index in [1.165, 1.54) is 0 Å². The van der Waals surface area contributed by atoms with Gasteiger partial charge in [0.05, 0.1) is 28.1 Å². The minimum atomic E-state index is -3.19. The molecule has 0 bridgehead atoms. The van der Waals surface area contributed by atoms with Crippen LogP contribution in [0.5, 0.6) is 0 Å². The van der Waals surface area contributed by atoms with Gasteiger partial charge >= 0.3 is 0 Å². The first kappa shape index (κ1) is 23.4. The van der Waals surface area contributed by atoms with Gasteiger partial charge in [0, 0.05) is 32.2 Å². The molecular weight excluding hydrogens is 617 g/mol. The predicted octanol–water partition coefficient (Wildman–Crippen LogP) is 7.30. The van der Waals surface area contributed by atoms with Gasteiger partial charge in [-0.25, -0.2) is 10.0 Å². The molecular formula is C43H34N4OSi. The minimum absolute atomic E-state index is 0.219. The third kappa shape index (κ3) is 4.60. The van der Waals surface area contributed by atoms with Crippen LogP contribution in [-0.2, 0) is 4.94 Å². The summed E-state index contributed by atoms with van der Waals surface area (Å²) < 4.78 is 51.1. The van der Waals surface area contributed by atoms with E-state index < -0.39 is 21.9 Å². The number of fused-ring (bicyclic) bond motifs is 4. The second kappa shape index (κ2) is 11.6. The van der Waals surface area contributed by atoms with E-state index in [1.807, 2.05) is 54.6 Å². The molecule has 49 heavy (non-hydrogen) atoms. The van der Waals surface area contributed by atoms with Gasteiger partial charge in [-0.2, -0.15) is 5.06 Å². The van der Waals surface area contributed by atoms with E-state index in [9.17, 15) is 0 Å². The average Bonchev–Trinajstić information content (AvgIpc) is 3.76. The summed E-state index contributed by atoms with van der Waals surface area (Å²) in [5, 5.41) is 9.07. The fourth-order valence-corrected chi connectivity index (χ4v) is 12.2. The zero-order valence-electron chi connectivity index (χ0n) is 32.4. The molecule has 0 amide bonds. The number of rotatable bonds is 6. The maximum absolute atomic E-state index is 8.20. The molecule has 0 spiro atoms. The van der Waals surface area contributed by atoms with Crippen LogP contribution in [0.4, 0.5) is 17.1 Å². The van der Waals surface area contributed by atoms with Crippen LogP contribution in [0.25, 0.3) is 27.6 Å². The third-order valence-electron chi connectivity index (χ3n) is 9.49. The number of anilines is 3. The number of hydroxylamine groups is 1. The molecule has 0 fully saturated rings. The van der Waals surface area contributed by atoms with Crippen molar-refractivity contribution in [1.29, 1.82) is 0 Å². The Hall–Kier alpha value is -5.95. The van der Waals surface area contributed by atoms with Crippen molar-refractivity contribution in [3.8, 4) is 5.82 Å². The fourth-order valence-electron chi connectivity index (χ4n) is 7.40. The predicted molar refractivity (Wildman–Crippen MR) is 205 cm³/mol. The van der Waals surface area contributed by atoms with Crippen molar-refractivity contribution in [2.24, 2.45) is 0 Å². The van der Waals surface area contributed by atoms with Gasteiger partial charge in [-0.05, 0) is 81.7 Å². The van der Waals surface area contributed by atoms with E-state index >= 15 is 0 Å². The Balaban J connectivity index is 1.33. The normalized spacial score (nSPS) is 15.3. The largest absolute Gasteiger partial charge is 0.294 e. The highest BCUT2D eigenvalue weighted by atomic mass is 28.3. The molecule has 2 aromatic heterocycles. The molecule has 1 aliphatic rings. The molecule has 0 radical (unpaired) electrons. The van der Waals surface area contributed by atoms with Crippen molar-refractivity contribution in [1.82, 2.24) is 9.55 Å². The summed E-state index contributed by atoms with van der Waals surface area (Å²) in [6, 6.07) is 54.5. The maximum Gasteiger partial charge on any atom is 0.179 e. The number of pyridine rings is 1. The Labute approximate surface area is 295 Å². The van der Waals surface area contributed by atoms with Crippen LogP contribution in [0.15, 0.2) is 170 Å². The molecule has 0 unspecified atom stereocenters. The zero-order chi connectivity index (χ0) is 38.0. The van der Waals surface area contributed by atoms with Crippen LogP contribution in [0.1, 0.15) is 13.8 Å². The Bertz CT molecular complexity index is 2660. The molecule has 8 aromatic rings. The lowest BCUT2D eigenvalue weighted by Crippen LogP contribution is -2.74.